The van der Waals surface area contributed by atoms with Gasteiger partial charge in [0.15, 0.2) is 0 Å². The molecule has 2 unspecified atom stereocenters. The molecule has 2 saturated carbocycles. The van der Waals surface area contributed by atoms with E-state index in [0.717, 1.165) is 19.3 Å². The SMILES string of the molecule is CC12CCC(C1)C(=O)C2=O. The van der Waals surface area contributed by atoms with E-state index in [1.54, 1.807) is 0 Å². The Hall–Kier alpha value is -0.660. The highest BCUT2D eigenvalue weighted by molar-refractivity contribution is 6.42. The Bertz CT molecular complexity index is 219. The number of fused-ring (bicyclic) bond motifs is 2. The largest absolute Gasteiger partial charge is 0.291 e. The molecule has 2 atom stereocenters. The summed E-state index contributed by atoms with van der Waals surface area (Å²) in [6.07, 6.45) is 2.70. The van der Waals surface area contributed by atoms with Gasteiger partial charge in [0.25, 0.3) is 0 Å². The van der Waals surface area contributed by atoms with Crippen LogP contribution in [0.2, 0.25) is 0 Å². The molecule has 0 heterocycles. The van der Waals surface area contributed by atoms with E-state index in [0.29, 0.717) is 0 Å². The van der Waals surface area contributed by atoms with Gasteiger partial charge in [0.2, 0.25) is 11.6 Å². The Morgan fingerprint density at radius 3 is 2.50 bits per heavy atom. The summed E-state index contributed by atoms with van der Waals surface area (Å²) < 4.78 is 0. The van der Waals surface area contributed by atoms with Crippen molar-refractivity contribution in [2.24, 2.45) is 11.3 Å². The second-order valence-corrected chi connectivity index (χ2v) is 3.69. The van der Waals surface area contributed by atoms with Gasteiger partial charge in [0.05, 0.1) is 0 Å². The molecule has 10 heavy (non-hydrogen) atoms. The zero-order valence-electron chi connectivity index (χ0n) is 6.02. The molecule has 2 rings (SSSR count). The van der Waals surface area contributed by atoms with Crippen molar-refractivity contribution in [1.29, 1.82) is 0 Å². The zero-order valence-corrected chi connectivity index (χ0v) is 6.02. The van der Waals surface area contributed by atoms with Crippen LogP contribution in [0, 0.1) is 11.3 Å². The smallest absolute Gasteiger partial charge is 0.204 e. The molecule has 2 heteroatoms. The van der Waals surface area contributed by atoms with E-state index in [1.807, 2.05) is 6.92 Å². The van der Waals surface area contributed by atoms with Crippen LogP contribution in [0.25, 0.3) is 0 Å². The standard InChI is InChI=1S/C8H10O2/c1-8-3-2-5(4-8)6(9)7(8)10/h5H,2-4H2,1H3. The molecule has 0 aromatic rings. The molecule has 0 aromatic carbocycles. The normalized spacial score (nSPS) is 45.1. The lowest BCUT2D eigenvalue weighted by atomic mass is 9.85. The van der Waals surface area contributed by atoms with E-state index < -0.39 is 0 Å². The van der Waals surface area contributed by atoms with Crippen LogP contribution in [0.1, 0.15) is 26.2 Å². The minimum Gasteiger partial charge on any atom is -0.291 e. The predicted molar refractivity (Wildman–Crippen MR) is 35.5 cm³/mol. The Morgan fingerprint density at radius 2 is 2.20 bits per heavy atom. The van der Waals surface area contributed by atoms with Gasteiger partial charge < -0.3 is 0 Å². The fraction of sp³-hybridized carbons (Fsp3) is 0.750. The molecule has 0 aromatic heterocycles. The lowest BCUT2D eigenvalue weighted by Gasteiger charge is -2.16. The second-order valence-electron chi connectivity index (χ2n) is 3.69. The first-order valence-electron chi connectivity index (χ1n) is 3.72. The molecule has 2 bridgehead atoms. The van der Waals surface area contributed by atoms with E-state index >= 15 is 0 Å². The van der Waals surface area contributed by atoms with Crippen molar-refractivity contribution in [2.45, 2.75) is 26.2 Å². The number of rotatable bonds is 0. The molecule has 0 spiro atoms. The van der Waals surface area contributed by atoms with Gasteiger partial charge in [-0.05, 0) is 19.3 Å². The molecule has 2 aliphatic carbocycles. The summed E-state index contributed by atoms with van der Waals surface area (Å²) in [5.74, 6) is -0.116. The van der Waals surface area contributed by atoms with Crippen LogP contribution < -0.4 is 0 Å². The molecule has 0 radical (unpaired) electrons. The van der Waals surface area contributed by atoms with E-state index in [4.69, 9.17) is 0 Å². The number of carbonyl (C=O) groups is 2. The Labute approximate surface area is 59.6 Å². The van der Waals surface area contributed by atoms with Gasteiger partial charge in [-0.2, -0.15) is 0 Å². The van der Waals surface area contributed by atoms with Crippen molar-refractivity contribution in [2.75, 3.05) is 0 Å². The van der Waals surface area contributed by atoms with Crippen LogP contribution in [0.3, 0.4) is 0 Å². The topological polar surface area (TPSA) is 34.1 Å². The van der Waals surface area contributed by atoms with Gasteiger partial charge in [0, 0.05) is 11.3 Å². The lowest BCUT2D eigenvalue weighted by Crippen LogP contribution is -2.28. The van der Waals surface area contributed by atoms with Gasteiger partial charge >= 0.3 is 0 Å². The first-order valence-corrected chi connectivity index (χ1v) is 3.72. The summed E-state index contributed by atoms with van der Waals surface area (Å²) >= 11 is 0. The highest BCUT2D eigenvalue weighted by Crippen LogP contribution is 2.49. The number of Topliss-reactive ketones (excluding diaryl/α,β-unsaturated/α-hetero) is 2. The van der Waals surface area contributed by atoms with E-state index in [9.17, 15) is 9.59 Å². The predicted octanol–water partition coefficient (Wildman–Crippen LogP) is 0.945. The molecule has 0 aliphatic heterocycles. The fourth-order valence-corrected chi connectivity index (χ4v) is 2.15. The summed E-state index contributed by atoms with van der Waals surface area (Å²) in [7, 11) is 0. The number of ketones is 2. The minimum atomic E-state index is -0.248. The van der Waals surface area contributed by atoms with Crippen LogP contribution in [0.15, 0.2) is 0 Å². The molecule has 0 saturated heterocycles. The maximum absolute atomic E-state index is 11.1. The third-order valence-corrected chi connectivity index (χ3v) is 2.88. The van der Waals surface area contributed by atoms with E-state index in [2.05, 4.69) is 0 Å². The molecule has 2 fully saturated rings. The Kier molecular flexibility index (Phi) is 0.908. The highest BCUT2D eigenvalue weighted by Gasteiger charge is 2.54. The molecule has 54 valence electrons. The van der Waals surface area contributed by atoms with E-state index in [1.165, 1.54) is 0 Å². The van der Waals surface area contributed by atoms with Gasteiger partial charge in [0.1, 0.15) is 0 Å². The van der Waals surface area contributed by atoms with Crippen molar-refractivity contribution in [1.82, 2.24) is 0 Å². The zero-order chi connectivity index (χ0) is 7.35. The van der Waals surface area contributed by atoms with Crippen molar-refractivity contribution in [3.05, 3.63) is 0 Å². The maximum Gasteiger partial charge on any atom is 0.204 e. The third-order valence-electron chi connectivity index (χ3n) is 2.88. The number of hydrogen-bond donors (Lipinski definition) is 0. The highest BCUT2D eigenvalue weighted by atomic mass is 16.2. The Balaban J connectivity index is 2.43. The van der Waals surface area contributed by atoms with Crippen LogP contribution in [-0.4, -0.2) is 11.6 Å². The van der Waals surface area contributed by atoms with Crippen LogP contribution >= 0.6 is 0 Å². The molecule has 2 nitrogen and oxygen atoms in total. The van der Waals surface area contributed by atoms with Crippen LogP contribution in [0.4, 0.5) is 0 Å². The average molecular weight is 138 g/mol. The van der Waals surface area contributed by atoms with Crippen molar-refractivity contribution in [3.63, 3.8) is 0 Å². The van der Waals surface area contributed by atoms with Crippen LogP contribution in [0.5, 0.6) is 0 Å². The maximum atomic E-state index is 11.1. The lowest BCUT2D eigenvalue weighted by molar-refractivity contribution is -0.141. The van der Waals surface area contributed by atoms with Crippen molar-refractivity contribution < 1.29 is 9.59 Å². The summed E-state index contributed by atoms with van der Waals surface area (Å²) in [6.45, 7) is 1.92. The average Bonchev–Trinajstić information content (AvgIpc) is 2.35. The van der Waals surface area contributed by atoms with Gasteiger partial charge in [-0.15, -0.1) is 0 Å². The minimum absolute atomic E-state index is 0.0949. The van der Waals surface area contributed by atoms with Crippen molar-refractivity contribution in [3.8, 4) is 0 Å². The molecule has 0 amide bonds. The Morgan fingerprint density at radius 1 is 1.50 bits per heavy atom. The second kappa shape index (κ2) is 1.49. The molecule has 2 aliphatic rings. The van der Waals surface area contributed by atoms with Crippen LogP contribution in [-0.2, 0) is 9.59 Å². The summed E-state index contributed by atoms with van der Waals surface area (Å²) in [5.41, 5.74) is -0.248. The van der Waals surface area contributed by atoms with E-state index in [-0.39, 0.29) is 22.9 Å². The summed E-state index contributed by atoms with van der Waals surface area (Å²) in [6, 6.07) is 0. The fourth-order valence-electron chi connectivity index (χ4n) is 2.15. The molecular formula is C8H10O2. The molecule has 0 N–H and O–H groups in total. The van der Waals surface area contributed by atoms with Crippen molar-refractivity contribution >= 4 is 11.6 Å². The van der Waals surface area contributed by atoms with Gasteiger partial charge in [-0.25, -0.2) is 0 Å². The monoisotopic (exact) mass is 138 g/mol. The summed E-state index contributed by atoms with van der Waals surface area (Å²) in [5, 5.41) is 0. The molecular weight excluding hydrogens is 128 g/mol. The summed E-state index contributed by atoms with van der Waals surface area (Å²) in [4.78, 5) is 22.2. The number of hydrogen-bond acceptors (Lipinski definition) is 2. The van der Waals surface area contributed by atoms with Gasteiger partial charge in [-0.1, -0.05) is 6.92 Å². The third kappa shape index (κ3) is 0.498. The quantitative estimate of drug-likeness (QED) is 0.467. The first kappa shape index (κ1) is 6.08. The number of carbonyl (C=O) groups excluding carboxylic acids is 2. The van der Waals surface area contributed by atoms with Gasteiger partial charge in [-0.3, -0.25) is 9.59 Å². The first-order chi connectivity index (χ1) is 4.63.